The number of nitrogens with zero attached hydrogens (tertiary/aromatic N) is 2. The van der Waals surface area contributed by atoms with Gasteiger partial charge in [-0.25, -0.2) is 9.69 Å². The molecule has 2 atom stereocenters. The Morgan fingerprint density at radius 1 is 1.19 bits per heavy atom. The first-order valence-electron chi connectivity index (χ1n) is 9.75. The summed E-state index contributed by atoms with van der Waals surface area (Å²) in [4.78, 5) is 30.6. The molecule has 6 nitrogen and oxygen atoms in total. The van der Waals surface area contributed by atoms with E-state index in [-0.39, 0.29) is 12.5 Å². The van der Waals surface area contributed by atoms with E-state index in [2.05, 4.69) is 46.5 Å². The number of imide groups is 1. The molecule has 0 N–H and O–H groups in total. The topological polar surface area (TPSA) is 68.7 Å². The third-order valence-electron chi connectivity index (χ3n) is 5.57. The maximum Gasteiger partial charge on any atom is 0.417 e. The minimum atomic E-state index is -2.28. The summed E-state index contributed by atoms with van der Waals surface area (Å²) < 4.78 is 11.8. The van der Waals surface area contributed by atoms with Gasteiger partial charge in [0.05, 0.1) is 6.61 Å². The number of β-lactam (4-membered cyclic amide) rings is 1. The lowest BCUT2D eigenvalue weighted by Crippen LogP contribution is -2.66. The van der Waals surface area contributed by atoms with Crippen LogP contribution in [0, 0.1) is 0 Å². The van der Waals surface area contributed by atoms with Crippen molar-refractivity contribution in [3.63, 3.8) is 0 Å². The van der Waals surface area contributed by atoms with Crippen LogP contribution in [0.1, 0.15) is 60.1 Å². The van der Waals surface area contributed by atoms with Crippen LogP contribution < -0.4 is 0 Å². The molecule has 1 aliphatic rings. The van der Waals surface area contributed by atoms with E-state index in [1.165, 1.54) is 4.90 Å². The number of pyridine rings is 1. The molecule has 0 bridgehead atoms. The average molecular weight is 393 g/mol. The molecule has 0 aliphatic carbocycles. The Kier molecular flexibility index (Phi) is 6.81. The number of hydrogen-bond donors (Lipinski definition) is 0. The smallest absolute Gasteiger partial charge is 0.417 e. The van der Waals surface area contributed by atoms with Gasteiger partial charge in [-0.1, -0.05) is 47.6 Å². The van der Waals surface area contributed by atoms with Crippen molar-refractivity contribution in [2.24, 2.45) is 0 Å². The predicted octanol–water partition coefficient (Wildman–Crippen LogP) is 4.68. The lowest BCUT2D eigenvalue weighted by molar-refractivity contribution is -0.161. The summed E-state index contributed by atoms with van der Waals surface area (Å²) in [5, 5.41) is 0. The first-order valence-corrected chi connectivity index (χ1v) is 11.9. The van der Waals surface area contributed by atoms with Crippen molar-refractivity contribution in [1.29, 1.82) is 0 Å². The van der Waals surface area contributed by atoms with E-state index in [9.17, 15) is 9.59 Å². The highest BCUT2D eigenvalue weighted by Gasteiger charge is 2.58. The van der Waals surface area contributed by atoms with Gasteiger partial charge in [0, 0.05) is 12.4 Å². The number of carbonyl (C=O) groups is 2. The van der Waals surface area contributed by atoms with Crippen molar-refractivity contribution < 1.29 is 18.8 Å². The third kappa shape index (κ3) is 3.80. The SMILES string of the molecule is CCOC(=O)N1C(=O)[C@H](O[Si](C(C)C)(C(C)C)C(C)C)[C@@H]1c1cccnc1. The van der Waals surface area contributed by atoms with Crippen molar-refractivity contribution in [3.05, 3.63) is 30.1 Å². The monoisotopic (exact) mass is 392 g/mol. The van der Waals surface area contributed by atoms with Crippen LogP contribution in [0.3, 0.4) is 0 Å². The van der Waals surface area contributed by atoms with Gasteiger partial charge in [-0.3, -0.25) is 9.78 Å². The summed E-state index contributed by atoms with van der Waals surface area (Å²) >= 11 is 0. The molecular weight excluding hydrogens is 360 g/mol. The van der Waals surface area contributed by atoms with E-state index in [0.29, 0.717) is 16.6 Å². The van der Waals surface area contributed by atoms with Crippen LogP contribution in [0.15, 0.2) is 24.5 Å². The molecule has 7 heteroatoms. The molecule has 2 heterocycles. The fraction of sp³-hybridized carbons (Fsp3) is 0.650. The van der Waals surface area contributed by atoms with Gasteiger partial charge < -0.3 is 9.16 Å². The fourth-order valence-corrected chi connectivity index (χ4v) is 9.96. The highest BCUT2D eigenvalue weighted by atomic mass is 28.4. The van der Waals surface area contributed by atoms with Crippen LogP contribution in [0.5, 0.6) is 0 Å². The molecular formula is C20H32N2O4Si. The second-order valence-corrected chi connectivity index (χ2v) is 13.4. The van der Waals surface area contributed by atoms with Crippen LogP contribution in [0.2, 0.25) is 16.6 Å². The Bertz CT molecular complexity index is 641. The molecule has 150 valence electrons. The van der Waals surface area contributed by atoms with Gasteiger partial charge in [0.1, 0.15) is 6.04 Å². The zero-order valence-electron chi connectivity index (χ0n) is 17.4. The Balaban J connectivity index is 2.42. The lowest BCUT2D eigenvalue weighted by atomic mass is 9.92. The maximum atomic E-state index is 12.9. The van der Waals surface area contributed by atoms with Crippen molar-refractivity contribution in [3.8, 4) is 0 Å². The fourth-order valence-electron chi connectivity index (χ4n) is 4.48. The molecule has 0 spiro atoms. The van der Waals surface area contributed by atoms with E-state index in [0.717, 1.165) is 5.56 Å². The van der Waals surface area contributed by atoms with E-state index >= 15 is 0 Å². The highest BCUT2D eigenvalue weighted by Crippen LogP contribution is 2.47. The zero-order valence-corrected chi connectivity index (χ0v) is 18.4. The minimum Gasteiger partial charge on any atom is -0.449 e. The Labute approximate surface area is 163 Å². The predicted molar refractivity (Wildman–Crippen MR) is 107 cm³/mol. The summed E-state index contributed by atoms with van der Waals surface area (Å²) in [6.07, 6.45) is 2.06. The lowest BCUT2D eigenvalue weighted by Gasteiger charge is -2.51. The largest absolute Gasteiger partial charge is 0.449 e. The summed E-state index contributed by atoms with van der Waals surface area (Å²) in [6, 6.07) is 3.18. The average Bonchev–Trinajstić information content (AvgIpc) is 2.59. The standard InChI is InChI=1S/C20H32N2O4Si/c1-8-25-20(24)22-17(16-10-9-11-21-12-16)18(19(22)23)26-27(13(2)3,14(4)5)15(6)7/h9-15,17-18H,8H2,1-7H3/t17-,18+/m0/s1. The first-order chi connectivity index (χ1) is 12.7. The van der Waals surface area contributed by atoms with Gasteiger partial charge in [0.25, 0.3) is 5.91 Å². The molecule has 1 aromatic heterocycles. The van der Waals surface area contributed by atoms with Gasteiger partial charge in [-0.15, -0.1) is 0 Å². The molecule has 1 fully saturated rings. The number of hydrogen-bond acceptors (Lipinski definition) is 5. The maximum absolute atomic E-state index is 12.9. The van der Waals surface area contributed by atoms with Crippen molar-refractivity contribution in [1.82, 2.24) is 9.88 Å². The van der Waals surface area contributed by atoms with E-state index in [4.69, 9.17) is 9.16 Å². The molecule has 2 rings (SSSR count). The number of ether oxygens (including phenoxy) is 1. The number of likely N-dealkylation sites (tertiary alicyclic amines) is 1. The van der Waals surface area contributed by atoms with Crippen molar-refractivity contribution in [2.45, 2.75) is 77.2 Å². The van der Waals surface area contributed by atoms with E-state index in [1.807, 2.05) is 6.07 Å². The van der Waals surface area contributed by atoms with Gasteiger partial charge in [-0.2, -0.15) is 0 Å². The van der Waals surface area contributed by atoms with Crippen molar-refractivity contribution >= 4 is 20.3 Å². The molecule has 2 amide bonds. The quantitative estimate of drug-likeness (QED) is 0.498. The first kappa shape index (κ1) is 21.6. The van der Waals surface area contributed by atoms with Gasteiger partial charge in [0.2, 0.25) is 8.32 Å². The molecule has 1 aliphatic heterocycles. The Morgan fingerprint density at radius 3 is 2.22 bits per heavy atom. The van der Waals surface area contributed by atoms with Crippen LogP contribution in [-0.4, -0.2) is 42.9 Å². The second-order valence-electron chi connectivity index (χ2n) is 7.99. The summed E-state index contributed by atoms with van der Waals surface area (Å²) in [5.41, 5.74) is 1.82. The van der Waals surface area contributed by atoms with Crippen molar-refractivity contribution in [2.75, 3.05) is 6.61 Å². The third-order valence-corrected chi connectivity index (χ3v) is 11.7. The Hall–Kier alpha value is -1.73. The summed E-state index contributed by atoms with van der Waals surface area (Å²) in [7, 11) is -2.28. The molecule has 27 heavy (non-hydrogen) atoms. The van der Waals surface area contributed by atoms with Gasteiger partial charge in [-0.05, 0) is 35.2 Å². The zero-order chi connectivity index (χ0) is 20.4. The number of amides is 2. The minimum absolute atomic E-state index is 0.219. The molecule has 1 aromatic rings. The van der Waals surface area contributed by atoms with Crippen LogP contribution in [0.4, 0.5) is 4.79 Å². The van der Waals surface area contributed by atoms with E-state index in [1.54, 1.807) is 25.4 Å². The van der Waals surface area contributed by atoms with Gasteiger partial charge >= 0.3 is 6.09 Å². The summed E-state index contributed by atoms with van der Waals surface area (Å²) in [5.74, 6) is -0.318. The normalized spacial score (nSPS) is 20.4. The summed E-state index contributed by atoms with van der Waals surface area (Å²) in [6.45, 7) is 15.0. The number of rotatable bonds is 7. The van der Waals surface area contributed by atoms with Crippen LogP contribution >= 0.6 is 0 Å². The number of carbonyl (C=O) groups excluding carboxylic acids is 2. The molecule has 1 saturated heterocycles. The molecule has 0 radical (unpaired) electrons. The number of aromatic nitrogens is 1. The molecule has 0 saturated carbocycles. The van der Waals surface area contributed by atoms with Crippen LogP contribution in [-0.2, 0) is 14.0 Å². The molecule has 0 unspecified atom stereocenters. The van der Waals surface area contributed by atoms with Crippen LogP contribution in [0.25, 0.3) is 0 Å². The van der Waals surface area contributed by atoms with Gasteiger partial charge in [0.15, 0.2) is 6.10 Å². The van der Waals surface area contributed by atoms with E-state index < -0.39 is 26.6 Å². The highest BCUT2D eigenvalue weighted by molar-refractivity contribution is 6.77. The molecule has 0 aromatic carbocycles. The second kappa shape index (κ2) is 8.52. The Morgan fingerprint density at radius 2 is 1.78 bits per heavy atom.